The van der Waals surface area contributed by atoms with Crippen molar-refractivity contribution in [3.05, 3.63) is 60.2 Å². The molecule has 0 aromatic heterocycles. The van der Waals surface area contributed by atoms with Gasteiger partial charge >= 0.3 is 0 Å². The molecule has 73 valence electrons. The van der Waals surface area contributed by atoms with Crippen LogP contribution < -0.4 is 9.47 Å². The Bertz CT molecular complexity index is 440. The van der Waals surface area contributed by atoms with Crippen LogP contribution in [0.15, 0.2) is 48.5 Å². The summed E-state index contributed by atoms with van der Waals surface area (Å²) in [4.78, 5) is 0. The number of para-hydroxylation sites is 2. The van der Waals surface area contributed by atoms with E-state index in [-0.39, 0.29) is 6.29 Å². The molecule has 15 heavy (non-hydrogen) atoms. The Balaban J connectivity index is 1.91. The van der Waals surface area contributed by atoms with E-state index in [0.29, 0.717) is 0 Å². The molecule has 1 heterocycles. The monoisotopic (exact) mass is 197 g/mol. The van der Waals surface area contributed by atoms with Crippen molar-refractivity contribution in [3.8, 4) is 11.5 Å². The first kappa shape index (κ1) is 8.36. The summed E-state index contributed by atoms with van der Waals surface area (Å²) in [6, 6.07) is 18.2. The molecule has 2 heteroatoms. The van der Waals surface area contributed by atoms with Crippen LogP contribution in [0.25, 0.3) is 0 Å². The Morgan fingerprint density at radius 1 is 0.867 bits per heavy atom. The molecule has 0 unspecified atom stereocenters. The SMILES string of the molecule is [c]1ccc(C2Oc3ccccc3O2)cc1. The van der Waals surface area contributed by atoms with Gasteiger partial charge in [0.25, 0.3) is 6.29 Å². The normalized spacial score (nSPS) is 14.1. The fourth-order valence-electron chi connectivity index (χ4n) is 1.59. The topological polar surface area (TPSA) is 18.5 Å². The van der Waals surface area contributed by atoms with Gasteiger partial charge in [0.05, 0.1) is 0 Å². The van der Waals surface area contributed by atoms with Gasteiger partial charge in [-0.2, -0.15) is 0 Å². The van der Waals surface area contributed by atoms with Crippen LogP contribution in [0.3, 0.4) is 0 Å². The van der Waals surface area contributed by atoms with Gasteiger partial charge < -0.3 is 9.47 Å². The third-order valence-electron chi connectivity index (χ3n) is 2.33. The average molecular weight is 197 g/mol. The Labute approximate surface area is 88.1 Å². The van der Waals surface area contributed by atoms with Crippen LogP contribution in [0.2, 0.25) is 0 Å². The number of fused-ring (bicyclic) bond motifs is 1. The third kappa shape index (κ3) is 1.44. The number of hydrogen-bond acceptors (Lipinski definition) is 2. The van der Waals surface area contributed by atoms with Crippen molar-refractivity contribution in [2.45, 2.75) is 6.29 Å². The first-order valence-corrected chi connectivity index (χ1v) is 4.82. The molecular formula is C13H9O2. The summed E-state index contributed by atoms with van der Waals surface area (Å²) in [6.07, 6.45) is -0.322. The molecular weight excluding hydrogens is 188 g/mol. The van der Waals surface area contributed by atoms with E-state index in [9.17, 15) is 0 Å². The number of rotatable bonds is 1. The molecule has 0 amide bonds. The van der Waals surface area contributed by atoms with Gasteiger partial charge in [0.1, 0.15) is 0 Å². The zero-order valence-electron chi connectivity index (χ0n) is 8.01. The van der Waals surface area contributed by atoms with Crippen molar-refractivity contribution < 1.29 is 9.47 Å². The molecule has 0 spiro atoms. The van der Waals surface area contributed by atoms with E-state index in [4.69, 9.17) is 9.47 Å². The maximum Gasteiger partial charge on any atom is 0.267 e. The van der Waals surface area contributed by atoms with E-state index in [1.807, 2.05) is 48.5 Å². The second-order valence-electron chi connectivity index (χ2n) is 3.35. The van der Waals surface area contributed by atoms with Crippen molar-refractivity contribution in [1.29, 1.82) is 0 Å². The number of benzene rings is 2. The predicted molar refractivity (Wildman–Crippen MR) is 55.7 cm³/mol. The average Bonchev–Trinajstić information content (AvgIpc) is 2.74. The van der Waals surface area contributed by atoms with E-state index in [0.717, 1.165) is 17.1 Å². The van der Waals surface area contributed by atoms with Crippen molar-refractivity contribution in [3.63, 3.8) is 0 Å². The molecule has 1 aliphatic rings. The van der Waals surface area contributed by atoms with E-state index in [1.165, 1.54) is 0 Å². The van der Waals surface area contributed by atoms with Crippen LogP contribution in [0.1, 0.15) is 11.9 Å². The molecule has 2 aromatic carbocycles. The molecule has 0 bridgehead atoms. The zero-order chi connectivity index (χ0) is 10.1. The second kappa shape index (κ2) is 3.31. The molecule has 0 saturated carbocycles. The van der Waals surface area contributed by atoms with Gasteiger partial charge in [0.15, 0.2) is 11.5 Å². The minimum absolute atomic E-state index is 0.322. The molecule has 0 N–H and O–H groups in total. The standard InChI is InChI=1S/C13H9O2/c1-2-6-10(7-3-1)13-14-11-8-4-5-9-12(11)15-13/h2-9,13H. The summed E-state index contributed by atoms with van der Waals surface area (Å²) in [7, 11) is 0. The van der Waals surface area contributed by atoms with Crippen LogP contribution in [0, 0.1) is 6.07 Å². The van der Waals surface area contributed by atoms with Crippen LogP contribution >= 0.6 is 0 Å². The van der Waals surface area contributed by atoms with Gasteiger partial charge in [-0.1, -0.05) is 36.4 Å². The highest BCUT2D eigenvalue weighted by Crippen LogP contribution is 2.39. The fraction of sp³-hybridized carbons (Fsp3) is 0.0769. The van der Waals surface area contributed by atoms with Gasteiger partial charge in [-0.25, -0.2) is 0 Å². The molecule has 0 fully saturated rings. The molecule has 0 saturated heterocycles. The van der Waals surface area contributed by atoms with E-state index in [2.05, 4.69) is 6.07 Å². The van der Waals surface area contributed by atoms with Crippen LogP contribution in [0.4, 0.5) is 0 Å². The fourth-order valence-corrected chi connectivity index (χ4v) is 1.59. The molecule has 3 rings (SSSR count). The first-order valence-electron chi connectivity index (χ1n) is 4.82. The van der Waals surface area contributed by atoms with Crippen LogP contribution in [0.5, 0.6) is 11.5 Å². The Morgan fingerprint density at radius 2 is 1.47 bits per heavy atom. The highest BCUT2D eigenvalue weighted by atomic mass is 16.7. The van der Waals surface area contributed by atoms with Gasteiger partial charge in [-0.05, 0) is 18.2 Å². The Morgan fingerprint density at radius 3 is 2.07 bits per heavy atom. The molecule has 2 nitrogen and oxygen atoms in total. The lowest BCUT2D eigenvalue weighted by atomic mass is 10.2. The lowest BCUT2D eigenvalue weighted by Crippen LogP contribution is -2.07. The van der Waals surface area contributed by atoms with Crippen molar-refractivity contribution in [1.82, 2.24) is 0 Å². The Hall–Kier alpha value is -1.96. The van der Waals surface area contributed by atoms with Gasteiger partial charge in [-0.15, -0.1) is 0 Å². The Kier molecular flexibility index (Phi) is 1.85. The molecule has 1 radical (unpaired) electrons. The lowest BCUT2D eigenvalue weighted by molar-refractivity contribution is 0.0487. The van der Waals surface area contributed by atoms with Crippen LogP contribution in [-0.4, -0.2) is 0 Å². The summed E-state index contributed by atoms with van der Waals surface area (Å²) < 4.78 is 11.3. The molecule has 0 atom stereocenters. The maximum atomic E-state index is 5.66. The largest absolute Gasteiger partial charge is 0.447 e. The van der Waals surface area contributed by atoms with Crippen molar-refractivity contribution in [2.75, 3.05) is 0 Å². The number of hydrogen-bond donors (Lipinski definition) is 0. The molecule has 2 aromatic rings. The highest BCUT2D eigenvalue weighted by molar-refractivity contribution is 5.42. The van der Waals surface area contributed by atoms with Gasteiger partial charge in [0, 0.05) is 5.56 Å². The van der Waals surface area contributed by atoms with E-state index >= 15 is 0 Å². The van der Waals surface area contributed by atoms with E-state index in [1.54, 1.807) is 0 Å². The first-order chi connectivity index (χ1) is 7.43. The van der Waals surface area contributed by atoms with Gasteiger partial charge in [0.2, 0.25) is 0 Å². The van der Waals surface area contributed by atoms with Crippen LogP contribution in [-0.2, 0) is 0 Å². The molecule has 1 aliphatic heterocycles. The summed E-state index contributed by atoms with van der Waals surface area (Å²) >= 11 is 0. The summed E-state index contributed by atoms with van der Waals surface area (Å²) in [5.74, 6) is 1.60. The summed E-state index contributed by atoms with van der Waals surface area (Å²) in [5.41, 5.74) is 1.00. The van der Waals surface area contributed by atoms with Crippen molar-refractivity contribution in [2.24, 2.45) is 0 Å². The summed E-state index contributed by atoms with van der Waals surface area (Å²) in [6.45, 7) is 0. The lowest BCUT2D eigenvalue weighted by Gasteiger charge is -2.09. The highest BCUT2D eigenvalue weighted by Gasteiger charge is 2.24. The van der Waals surface area contributed by atoms with Crippen molar-refractivity contribution >= 4 is 0 Å². The van der Waals surface area contributed by atoms with Gasteiger partial charge in [-0.3, -0.25) is 0 Å². The maximum absolute atomic E-state index is 5.66. The number of ether oxygens (including phenoxy) is 2. The predicted octanol–water partition coefficient (Wildman–Crippen LogP) is 2.96. The quantitative estimate of drug-likeness (QED) is 0.699. The summed E-state index contributed by atoms with van der Waals surface area (Å²) in [5, 5.41) is 0. The smallest absolute Gasteiger partial charge is 0.267 e. The molecule has 0 aliphatic carbocycles. The third-order valence-corrected chi connectivity index (χ3v) is 2.33. The minimum Gasteiger partial charge on any atom is -0.447 e. The minimum atomic E-state index is -0.322. The second-order valence-corrected chi connectivity index (χ2v) is 3.35. The van der Waals surface area contributed by atoms with E-state index < -0.39 is 0 Å². The zero-order valence-corrected chi connectivity index (χ0v) is 8.01.